The van der Waals surface area contributed by atoms with Gasteiger partial charge in [-0.2, -0.15) is 0 Å². The van der Waals surface area contributed by atoms with Gasteiger partial charge in [0, 0.05) is 30.4 Å². The first-order valence-electron chi connectivity index (χ1n) is 10.6. The Morgan fingerprint density at radius 1 is 1.10 bits per heavy atom. The lowest BCUT2D eigenvalue weighted by atomic mass is 10.00. The second-order valence-corrected chi connectivity index (χ2v) is 9.16. The predicted octanol–water partition coefficient (Wildman–Crippen LogP) is 4.81. The molecular weight excluding hydrogens is 398 g/mol. The Labute approximate surface area is 180 Å². The highest BCUT2D eigenvalue weighted by Crippen LogP contribution is 2.42. The molecule has 3 heterocycles. The zero-order valence-corrected chi connectivity index (χ0v) is 18.3. The van der Waals surface area contributed by atoms with Crippen LogP contribution in [0.1, 0.15) is 44.3 Å². The lowest BCUT2D eigenvalue weighted by molar-refractivity contribution is 0.415. The van der Waals surface area contributed by atoms with Crippen molar-refractivity contribution in [1.29, 1.82) is 0 Å². The van der Waals surface area contributed by atoms with Gasteiger partial charge in [-0.15, -0.1) is 10.2 Å². The monoisotopic (exact) mass is 425 g/mol. The van der Waals surface area contributed by atoms with Gasteiger partial charge in [-0.1, -0.05) is 18.7 Å². The molecule has 0 radical (unpaired) electrons. The molecule has 2 aromatic heterocycles. The van der Waals surface area contributed by atoms with Crippen LogP contribution in [0.15, 0.2) is 40.1 Å². The molecule has 2 fully saturated rings. The average molecular weight is 426 g/mol. The average Bonchev–Trinajstić information content (AvgIpc) is 3.35. The summed E-state index contributed by atoms with van der Waals surface area (Å²) in [5, 5.41) is 10.1. The van der Waals surface area contributed by atoms with E-state index in [-0.39, 0.29) is 0 Å². The maximum Gasteiger partial charge on any atom is 0.228 e. The first-order valence-corrected chi connectivity index (χ1v) is 11.6. The van der Waals surface area contributed by atoms with Crippen LogP contribution in [0.25, 0.3) is 11.5 Å². The van der Waals surface area contributed by atoms with Gasteiger partial charge in [-0.25, -0.2) is 4.98 Å². The van der Waals surface area contributed by atoms with E-state index in [0.29, 0.717) is 17.7 Å². The fourth-order valence-corrected chi connectivity index (χ4v) is 4.70. The highest BCUT2D eigenvalue weighted by molar-refractivity contribution is 7.98. The smallest absolute Gasteiger partial charge is 0.228 e. The van der Waals surface area contributed by atoms with Crippen LogP contribution in [-0.2, 0) is 5.75 Å². The Kier molecular flexibility index (Phi) is 5.41. The molecule has 3 aromatic rings. The normalized spacial score (nSPS) is 17.5. The van der Waals surface area contributed by atoms with Gasteiger partial charge in [-0.3, -0.25) is 4.57 Å². The number of piperidine rings is 1. The first kappa shape index (κ1) is 19.5. The number of hydrogen-bond acceptors (Lipinski definition) is 7. The number of ether oxygens (including phenoxy) is 1. The largest absolute Gasteiger partial charge is 0.497 e. The minimum atomic E-state index is 0.545. The van der Waals surface area contributed by atoms with Gasteiger partial charge in [0.05, 0.1) is 12.8 Å². The fraction of sp³-hybridized carbons (Fsp3) is 0.500. The van der Waals surface area contributed by atoms with Crippen molar-refractivity contribution < 1.29 is 9.15 Å². The van der Waals surface area contributed by atoms with Gasteiger partial charge in [0.1, 0.15) is 12.0 Å². The third kappa shape index (κ3) is 4.05. The number of methoxy groups -OCH3 is 1. The standard InChI is InChI=1S/C22H27N5O2S/c1-15-9-11-26(12-10-15)21-24-25-22(27(21)18-5-6-18)30-14-17-13-29-20(23-17)16-3-7-19(28-2)8-4-16/h3-4,7-8,13,15,18H,5-6,9-12,14H2,1-2H3. The van der Waals surface area contributed by atoms with Crippen molar-refractivity contribution in [2.75, 3.05) is 25.1 Å². The van der Waals surface area contributed by atoms with E-state index in [1.807, 2.05) is 24.3 Å². The number of hydrogen-bond donors (Lipinski definition) is 0. The molecule has 8 heteroatoms. The lowest BCUT2D eigenvalue weighted by Crippen LogP contribution is -2.34. The minimum Gasteiger partial charge on any atom is -0.497 e. The van der Waals surface area contributed by atoms with Gasteiger partial charge in [0.2, 0.25) is 11.8 Å². The van der Waals surface area contributed by atoms with Crippen molar-refractivity contribution in [3.63, 3.8) is 0 Å². The molecule has 0 atom stereocenters. The summed E-state index contributed by atoms with van der Waals surface area (Å²) in [6.45, 7) is 4.48. The molecule has 30 heavy (non-hydrogen) atoms. The second kappa shape index (κ2) is 8.34. The van der Waals surface area contributed by atoms with Crippen LogP contribution in [-0.4, -0.2) is 39.9 Å². The number of oxazole rings is 1. The molecule has 158 valence electrons. The van der Waals surface area contributed by atoms with E-state index >= 15 is 0 Å². The number of rotatable bonds is 7. The summed E-state index contributed by atoms with van der Waals surface area (Å²) in [4.78, 5) is 7.06. The molecule has 1 saturated heterocycles. The zero-order chi connectivity index (χ0) is 20.5. The molecule has 0 amide bonds. The van der Waals surface area contributed by atoms with Crippen molar-refractivity contribution in [3.8, 4) is 17.2 Å². The van der Waals surface area contributed by atoms with E-state index in [2.05, 4.69) is 31.6 Å². The topological polar surface area (TPSA) is 69.2 Å². The first-order chi connectivity index (χ1) is 14.7. The van der Waals surface area contributed by atoms with Crippen molar-refractivity contribution >= 4 is 17.7 Å². The van der Waals surface area contributed by atoms with Crippen molar-refractivity contribution in [1.82, 2.24) is 19.7 Å². The number of benzene rings is 1. The summed E-state index contributed by atoms with van der Waals surface area (Å²) < 4.78 is 13.3. The molecular formula is C22H27N5O2S. The van der Waals surface area contributed by atoms with Gasteiger partial charge in [0.25, 0.3) is 0 Å². The zero-order valence-electron chi connectivity index (χ0n) is 17.5. The van der Waals surface area contributed by atoms with E-state index in [9.17, 15) is 0 Å². The highest BCUT2D eigenvalue weighted by Gasteiger charge is 2.32. The van der Waals surface area contributed by atoms with Crippen LogP contribution in [0.2, 0.25) is 0 Å². The molecule has 7 nitrogen and oxygen atoms in total. The summed E-state index contributed by atoms with van der Waals surface area (Å²) in [7, 11) is 1.66. The van der Waals surface area contributed by atoms with Gasteiger partial charge >= 0.3 is 0 Å². The maximum atomic E-state index is 5.70. The number of aromatic nitrogens is 4. The Bertz CT molecular complexity index is 987. The van der Waals surface area contributed by atoms with Crippen LogP contribution in [0.5, 0.6) is 5.75 Å². The molecule has 1 aliphatic heterocycles. The molecule has 0 spiro atoms. The van der Waals surface area contributed by atoms with Crippen LogP contribution >= 0.6 is 11.8 Å². The van der Waals surface area contributed by atoms with E-state index in [1.54, 1.807) is 25.1 Å². The maximum absolute atomic E-state index is 5.70. The number of anilines is 1. The van der Waals surface area contributed by atoms with Gasteiger partial charge in [0.15, 0.2) is 5.16 Å². The second-order valence-electron chi connectivity index (χ2n) is 8.21. The molecule has 0 N–H and O–H groups in total. The van der Waals surface area contributed by atoms with Crippen LogP contribution in [0, 0.1) is 5.92 Å². The van der Waals surface area contributed by atoms with E-state index in [1.165, 1.54) is 25.7 Å². The quantitative estimate of drug-likeness (QED) is 0.503. The highest BCUT2D eigenvalue weighted by atomic mass is 32.2. The molecule has 2 aliphatic rings. The molecule has 1 saturated carbocycles. The third-order valence-corrected chi connectivity index (χ3v) is 6.84. The Balaban J connectivity index is 1.28. The Morgan fingerprint density at radius 2 is 1.87 bits per heavy atom. The molecule has 1 aromatic carbocycles. The minimum absolute atomic E-state index is 0.545. The summed E-state index contributed by atoms with van der Waals surface area (Å²) in [6.07, 6.45) is 6.63. The molecule has 0 unspecified atom stereocenters. The molecule has 5 rings (SSSR count). The van der Waals surface area contributed by atoms with E-state index in [4.69, 9.17) is 9.15 Å². The summed E-state index contributed by atoms with van der Waals surface area (Å²) in [5.41, 5.74) is 1.85. The van der Waals surface area contributed by atoms with Crippen LogP contribution < -0.4 is 9.64 Å². The van der Waals surface area contributed by atoms with Crippen molar-refractivity contribution in [3.05, 3.63) is 36.2 Å². The van der Waals surface area contributed by atoms with E-state index < -0.39 is 0 Å². The molecule has 1 aliphatic carbocycles. The molecule has 0 bridgehead atoms. The lowest BCUT2D eigenvalue weighted by Gasteiger charge is -2.31. The van der Waals surface area contributed by atoms with Crippen LogP contribution in [0.3, 0.4) is 0 Å². The summed E-state index contributed by atoms with van der Waals surface area (Å²) in [6, 6.07) is 8.28. The predicted molar refractivity (Wildman–Crippen MR) is 117 cm³/mol. The number of thioether (sulfide) groups is 1. The van der Waals surface area contributed by atoms with Crippen molar-refractivity contribution in [2.45, 2.75) is 49.6 Å². The number of nitrogens with zero attached hydrogens (tertiary/aromatic N) is 5. The summed E-state index contributed by atoms with van der Waals surface area (Å²) in [5.74, 6) is 4.01. The fourth-order valence-electron chi connectivity index (χ4n) is 3.82. The van der Waals surface area contributed by atoms with Gasteiger partial charge in [-0.05, 0) is 55.9 Å². The van der Waals surface area contributed by atoms with E-state index in [0.717, 1.165) is 47.1 Å². The van der Waals surface area contributed by atoms with Crippen LogP contribution in [0.4, 0.5) is 5.95 Å². The van der Waals surface area contributed by atoms with Gasteiger partial charge < -0.3 is 14.1 Å². The van der Waals surface area contributed by atoms with Crippen molar-refractivity contribution in [2.24, 2.45) is 5.92 Å². The Hall–Kier alpha value is -2.48. The SMILES string of the molecule is COc1ccc(-c2nc(CSc3nnc(N4CCC(C)CC4)n3C3CC3)co2)cc1. The third-order valence-electron chi connectivity index (χ3n) is 5.86. The Morgan fingerprint density at radius 3 is 2.57 bits per heavy atom. The summed E-state index contributed by atoms with van der Waals surface area (Å²) >= 11 is 1.69.